The molecule has 0 aliphatic rings. The summed E-state index contributed by atoms with van der Waals surface area (Å²) in [4.78, 5) is 0. The first-order valence-corrected chi connectivity index (χ1v) is 6.34. The van der Waals surface area contributed by atoms with Crippen molar-refractivity contribution in [3.8, 4) is 0 Å². The zero-order valence-corrected chi connectivity index (χ0v) is 10.6. The number of nitrogens with two attached hydrogens (primary N) is 1. The Morgan fingerprint density at radius 3 is 2.16 bits per heavy atom. The first-order valence-electron chi connectivity index (χ1n) is 6.34. The fourth-order valence-electron chi connectivity index (χ4n) is 2.17. The van der Waals surface area contributed by atoms with Crippen molar-refractivity contribution in [2.45, 2.75) is 0 Å². The lowest BCUT2D eigenvalue weighted by Crippen LogP contribution is -1.83. The molecule has 3 aromatic carbocycles. The predicted molar refractivity (Wildman–Crippen MR) is 83.7 cm³/mol. The number of anilines is 1. The molecular weight excluding hydrogens is 230 g/mol. The standard InChI is InChI=1S/C18H15N/c19-18-7-3-4-14(13-18)8-9-15-10-11-16-5-1-2-6-17(16)12-15/h1-13H,19H2/b9-8+. The van der Waals surface area contributed by atoms with Crippen molar-refractivity contribution >= 4 is 28.6 Å². The van der Waals surface area contributed by atoms with Gasteiger partial charge in [0.1, 0.15) is 0 Å². The minimum atomic E-state index is 0.792. The van der Waals surface area contributed by atoms with Crippen molar-refractivity contribution in [2.24, 2.45) is 0 Å². The third-order valence-corrected chi connectivity index (χ3v) is 3.15. The lowest BCUT2D eigenvalue weighted by molar-refractivity contribution is 1.64. The van der Waals surface area contributed by atoms with Gasteiger partial charge in [-0.2, -0.15) is 0 Å². The molecule has 0 amide bonds. The molecular formula is C18H15N. The molecule has 92 valence electrons. The topological polar surface area (TPSA) is 26.0 Å². The minimum absolute atomic E-state index is 0.792. The predicted octanol–water partition coefficient (Wildman–Crippen LogP) is 4.59. The van der Waals surface area contributed by atoms with E-state index in [9.17, 15) is 0 Å². The van der Waals surface area contributed by atoms with Crippen LogP contribution >= 0.6 is 0 Å². The van der Waals surface area contributed by atoms with Gasteiger partial charge in [-0.05, 0) is 40.1 Å². The monoisotopic (exact) mass is 245 g/mol. The number of hydrogen-bond acceptors (Lipinski definition) is 1. The van der Waals surface area contributed by atoms with Crippen molar-refractivity contribution in [1.82, 2.24) is 0 Å². The first-order chi connectivity index (χ1) is 9.31. The smallest absolute Gasteiger partial charge is 0.0319 e. The van der Waals surface area contributed by atoms with E-state index in [1.54, 1.807) is 0 Å². The van der Waals surface area contributed by atoms with Crippen LogP contribution in [0, 0.1) is 0 Å². The summed E-state index contributed by atoms with van der Waals surface area (Å²) in [6.07, 6.45) is 4.20. The number of hydrogen-bond donors (Lipinski definition) is 1. The van der Waals surface area contributed by atoms with Crippen molar-refractivity contribution in [3.05, 3.63) is 77.9 Å². The number of benzene rings is 3. The van der Waals surface area contributed by atoms with Crippen LogP contribution in [-0.2, 0) is 0 Å². The van der Waals surface area contributed by atoms with Crippen LogP contribution in [0.15, 0.2) is 66.7 Å². The van der Waals surface area contributed by atoms with E-state index in [-0.39, 0.29) is 0 Å². The van der Waals surface area contributed by atoms with Crippen LogP contribution in [0.1, 0.15) is 11.1 Å². The fourth-order valence-corrected chi connectivity index (χ4v) is 2.17. The largest absolute Gasteiger partial charge is 0.399 e. The van der Waals surface area contributed by atoms with Gasteiger partial charge in [-0.25, -0.2) is 0 Å². The van der Waals surface area contributed by atoms with Crippen LogP contribution in [0.4, 0.5) is 5.69 Å². The van der Waals surface area contributed by atoms with E-state index in [1.807, 2.05) is 24.3 Å². The van der Waals surface area contributed by atoms with E-state index >= 15 is 0 Å². The fraction of sp³-hybridized carbons (Fsp3) is 0. The van der Waals surface area contributed by atoms with E-state index in [4.69, 9.17) is 5.73 Å². The van der Waals surface area contributed by atoms with Crippen LogP contribution in [0.2, 0.25) is 0 Å². The summed E-state index contributed by atoms with van der Waals surface area (Å²) >= 11 is 0. The Labute approximate surface area is 113 Å². The van der Waals surface area contributed by atoms with Crippen LogP contribution in [0.3, 0.4) is 0 Å². The van der Waals surface area contributed by atoms with Crippen LogP contribution in [0.5, 0.6) is 0 Å². The Balaban J connectivity index is 1.92. The average Bonchev–Trinajstić information content (AvgIpc) is 2.45. The van der Waals surface area contributed by atoms with Crippen LogP contribution < -0.4 is 5.73 Å². The maximum absolute atomic E-state index is 5.77. The lowest BCUT2D eigenvalue weighted by atomic mass is 10.1. The van der Waals surface area contributed by atoms with Gasteiger partial charge in [0.15, 0.2) is 0 Å². The summed E-state index contributed by atoms with van der Waals surface area (Å²) in [6, 6.07) is 22.7. The highest BCUT2D eigenvalue weighted by Crippen LogP contribution is 2.17. The number of nitrogen functional groups attached to an aromatic ring is 1. The molecule has 0 saturated heterocycles. The van der Waals surface area contributed by atoms with Crippen molar-refractivity contribution in [1.29, 1.82) is 0 Å². The molecule has 0 bridgehead atoms. The summed E-state index contributed by atoms with van der Waals surface area (Å²) in [5, 5.41) is 2.53. The second-order valence-electron chi connectivity index (χ2n) is 4.61. The summed E-state index contributed by atoms with van der Waals surface area (Å²) < 4.78 is 0. The Bertz CT molecular complexity index is 741. The highest BCUT2D eigenvalue weighted by atomic mass is 14.5. The molecule has 0 aromatic heterocycles. The maximum atomic E-state index is 5.77. The van der Waals surface area contributed by atoms with Gasteiger partial charge >= 0.3 is 0 Å². The molecule has 0 saturated carbocycles. The quantitative estimate of drug-likeness (QED) is 0.518. The summed E-state index contributed by atoms with van der Waals surface area (Å²) in [7, 11) is 0. The van der Waals surface area contributed by atoms with E-state index in [0.717, 1.165) is 11.3 Å². The van der Waals surface area contributed by atoms with E-state index in [0.29, 0.717) is 0 Å². The first kappa shape index (κ1) is 11.5. The molecule has 1 nitrogen and oxygen atoms in total. The van der Waals surface area contributed by atoms with Crippen molar-refractivity contribution < 1.29 is 0 Å². The Morgan fingerprint density at radius 1 is 0.632 bits per heavy atom. The van der Waals surface area contributed by atoms with Crippen molar-refractivity contribution in [2.75, 3.05) is 5.73 Å². The van der Waals surface area contributed by atoms with Gasteiger partial charge in [0, 0.05) is 5.69 Å². The molecule has 3 aromatic rings. The molecule has 0 aliphatic carbocycles. The molecule has 0 fully saturated rings. The SMILES string of the molecule is Nc1cccc(/C=C/c2ccc3ccccc3c2)c1. The molecule has 2 N–H and O–H groups in total. The number of rotatable bonds is 2. The van der Waals surface area contributed by atoms with Crippen LogP contribution in [0.25, 0.3) is 22.9 Å². The normalized spacial score (nSPS) is 11.2. The van der Waals surface area contributed by atoms with E-state index < -0.39 is 0 Å². The van der Waals surface area contributed by atoms with Gasteiger partial charge < -0.3 is 5.73 Å². The highest BCUT2D eigenvalue weighted by Gasteiger charge is 1.93. The summed E-state index contributed by atoms with van der Waals surface area (Å²) in [5.74, 6) is 0. The Kier molecular flexibility index (Phi) is 3.03. The third-order valence-electron chi connectivity index (χ3n) is 3.15. The molecule has 1 heteroatoms. The molecule has 0 aliphatic heterocycles. The molecule has 3 rings (SSSR count). The second-order valence-corrected chi connectivity index (χ2v) is 4.61. The zero-order valence-electron chi connectivity index (χ0n) is 10.6. The Morgan fingerprint density at radius 2 is 1.37 bits per heavy atom. The Hall–Kier alpha value is -2.54. The zero-order chi connectivity index (χ0) is 13.1. The minimum Gasteiger partial charge on any atom is -0.399 e. The van der Waals surface area contributed by atoms with Gasteiger partial charge in [0.25, 0.3) is 0 Å². The van der Waals surface area contributed by atoms with Gasteiger partial charge in [0.2, 0.25) is 0 Å². The van der Waals surface area contributed by atoms with Crippen molar-refractivity contribution in [3.63, 3.8) is 0 Å². The maximum Gasteiger partial charge on any atom is 0.0319 e. The molecule has 0 radical (unpaired) electrons. The summed E-state index contributed by atoms with van der Waals surface area (Å²) in [6.45, 7) is 0. The van der Waals surface area contributed by atoms with E-state index in [2.05, 4.69) is 54.6 Å². The molecule has 19 heavy (non-hydrogen) atoms. The van der Waals surface area contributed by atoms with Gasteiger partial charge in [-0.15, -0.1) is 0 Å². The molecule has 0 atom stereocenters. The highest BCUT2D eigenvalue weighted by molar-refractivity contribution is 5.86. The second kappa shape index (κ2) is 4.99. The van der Waals surface area contributed by atoms with Gasteiger partial charge in [0.05, 0.1) is 0 Å². The third kappa shape index (κ3) is 2.66. The number of fused-ring (bicyclic) bond motifs is 1. The van der Waals surface area contributed by atoms with Crippen LogP contribution in [-0.4, -0.2) is 0 Å². The lowest BCUT2D eigenvalue weighted by Gasteiger charge is -2.00. The van der Waals surface area contributed by atoms with E-state index in [1.165, 1.54) is 16.3 Å². The van der Waals surface area contributed by atoms with Gasteiger partial charge in [-0.3, -0.25) is 0 Å². The molecule has 0 heterocycles. The summed E-state index contributed by atoms with van der Waals surface area (Å²) in [5.41, 5.74) is 8.87. The molecule has 0 spiro atoms. The average molecular weight is 245 g/mol. The molecule has 0 unspecified atom stereocenters. The van der Waals surface area contributed by atoms with Gasteiger partial charge in [-0.1, -0.05) is 60.7 Å².